The molecule has 2 amide bonds. The van der Waals surface area contributed by atoms with Crippen LogP contribution in [0.1, 0.15) is 28.9 Å². The van der Waals surface area contributed by atoms with Gasteiger partial charge in [0.25, 0.3) is 5.91 Å². The van der Waals surface area contributed by atoms with E-state index in [9.17, 15) is 9.59 Å². The molecule has 2 aromatic rings. The Morgan fingerprint density at radius 1 is 1.14 bits per heavy atom. The number of nitrogens with one attached hydrogen (secondary N) is 2. The number of rotatable bonds is 7. The number of morpholine rings is 1. The third-order valence-electron chi connectivity index (χ3n) is 4.84. The molecule has 1 aliphatic heterocycles. The van der Waals surface area contributed by atoms with Gasteiger partial charge in [0.2, 0.25) is 5.91 Å². The SMILES string of the molecule is COc1ccccc1C(C)NC(=O)CNc1cccc(C(=O)N2CCOCC2)c1. The molecule has 1 saturated heterocycles. The number of ether oxygens (including phenoxy) is 2. The zero-order valence-corrected chi connectivity index (χ0v) is 16.8. The molecule has 29 heavy (non-hydrogen) atoms. The van der Waals surface area contributed by atoms with E-state index in [-0.39, 0.29) is 24.4 Å². The largest absolute Gasteiger partial charge is 0.496 e. The van der Waals surface area contributed by atoms with Crippen molar-refractivity contribution in [2.45, 2.75) is 13.0 Å². The van der Waals surface area contributed by atoms with Crippen molar-refractivity contribution in [1.29, 1.82) is 0 Å². The third-order valence-corrected chi connectivity index (χ3v) is 4.84. The molecule has 2 N–H and O–H groups in total. The quantitative estimate of drug-likeness (QED) is 0.750. The zero-order valence-electron chi connectivity index (χ0n) is 16.8. The Morgan fingerprint density at radius 3 is 2.66 bits per heavy atom. The average molecular weight is 397 g/mol. The number of para-hydroxylation sites is 1. The highest BCUT2D eigenvalue weighted by molar-refractivity contribution is 5.95. The standard InChI is InChI=1S/C22H27N3O4/c1-16(19-8-3-4-9-20(19)28-2)24-21(26)15-23-18-7-5-6-17(14-18)22(27)25-10-12-29-13-11-25/h3-9,14,16,23H,10-13,15H2,1-2H3,(H,24,26). The van der Waals surface area contributed by atoms with E-state index in [2.05, 4.69) is 10.6 Å². The highest BCUT2D eigenvalue weighted by atomic mass is 16.5. The van der Waals surface area contributed by atoms with Crippen molar-refractivity contribution in [3.63, 3.8) is 0 Å². The lowest BCUT2D eigenvalue weighted by Crippen LogP contribution is -2.40. The molecule has 1 fully saturated rings. The first-order chi connectivity index (χ1) is 14.1. The van der Waals surface area contributed by atoms with Gasteiger partial charge < -0.3 is 25.0 Å². The topological polar surface area (TPSA) is 79.9 Å². The van der Waals surface area contributed by atoms with E-state index >= 15 is 0 Å². The Hall–Kier alpha value is -3.06. The monoisotopic (exact) mass is 397 g/mol. The smallest absolute Gasteiger partial charge is 0.254 e. The number of carbonyl (C=O) groups is 2. The number of nitrogens with zero attached hydrogens (tertiary/aromatic N) is 1. The minimum Gasteiger partial charge on any atom is -0.496 e. The van der Waals surface area contributed by atoms with Crippen LogP contribution in [0.15, 0.2) is 48.5 Å². The summed E-state index contributed by atoms with van der Waals surface area (Å²) in [5.41, 5.74) is 2.24. The number of amides is 2. The van der Waals surface area contributed by atoms with Crippen LogP contribution in [0.4, 0.5) is 5.69 Å². The van der Waals surface area contributed by atoms with Crippen LogP contribution in [-0.2, 0) is 9.53 Å². The number of carbonyl (C=O) groups excluding carboxylic acids is 2. The summed E-state index contributed by atoms with van der Waals surface area (Å²) in [7, 11) is 1.61. The number of methoxy groups -OCH3 is 1. The summed E-state index contributed by atoms with van der Waals surface area (Å²) < 4.78 is 10.6. The van der Waals surface area contributed by atoms with E-state index < -0.39 is 0 Å². The number of hydrogen-bond donors (Lipinski definition) is 2. The molecule has 1 atom stereocenters. The average Bonchev–Trinajstić information content (AvgIpc) is 2.78. The highest BCUT2D eigenvalue weighted by Crippen LogP contribution is 2.24. The highest BCUT2D eigenvalue weighted by Gasteiger charge is 2.19. The summed E-state index contributed by atoms with van der Waals surface area (Å²) >= 11 is 0. The minimum absolute atomic E-state index is 0.0220. The first-order valence-corrected chi connectivity index (χ1v) is 9.71. The van der Waals surface area contributed by atoms with E-state index in [0.29, 0.717) is 31.9 Å². The minimum atomic E-state index is -0.185. The van der Waals surface area contributed by atoms with Gasteiger partial charge in [0, 0.05) is 29.9 Å². The van der Waals surface area contributed by atoms with Crippen molar-refractivity contribution < 1.29 is 19.1 Å². The van der Waals surface area contributed by atoms with Gasteiger partial charge in [-0.3, -0.25) is 9.59 Å². The first kappa shape index (κ1) is 20.7. The fourth-order valence-electron chi connectivity index (χ4n) is 3.29. The predicted molar refractivity (Wildman–Crippen MR) is 111 cm³/mol. The van der Waals surface area contributed by atoms with Gasteiger partial charge in [0.15, 0.2) is 0 Å². The van der Waals surface area contributed by atoms with Crippen LogP contribution < -0.4 is 15.4 Å². The molecule has 1 aliphatic rings. The molecule has 0 bridgehead atoms. The van der Waals surface area contributed by atoms with Crippen LogP contribution in [-0.4, -0.2) is 56.7 Å². The predicted octanol–water partition coefficient (Wildman–Crippen LogP) is 2.46. The number of hydrogen-bond acceptors (Lipinski definition) is 5. The Kier molecular flexibility index (Phi) is 7.08. The van der Waals surface area contributed by atoms with E-state index in [4.69, 9.17) is 9.47 Å². The summed E-state index contributed by atoms with van der Waals surface area (Å²) in [6.45, 7) is 4.34. The molecular formula is C22H27N3O4. The Bertz CT molecular complexity index is 849. The van der Waals surface area contributed by atoms with E-state index in [1.807, 2.05) is 43.3 Å². The molecule has 2 aromatic carbocycles. The molecule has 7 heteroatoms. The Balaban J connectivity index is 1.55. The summed E-state index contributed by atoms with van der Waals surface area (Å²) in [5, 5.41) is 6.05. The first-order valence-electron chi connectivity index (χ1n) is 9.71. The van der Waals surface area contributed by atoms with Crippen LogP contribution in [0.2, 0.25) is 0 Å². The molecule has 0 radical (unpaired) electrons. The second-order valence-electron chi connectivity index (χ2n) is 6.87. The maximum atomic E-state index is 12.6. The van der Waals surface area contributed by atoms with E-state index in [1.54, 1.807) is 24.1 Å². The maximum absolute atomic E-state index is 12.6. The summed E-state index contributed by atoms with van der Waals surface area (Å²) in [6, 6.07) is 14.6. The van der Waals surface area contributed by atoms with Crippen LogP contribution in [0.5, 0.6) is 5.75 Å². The van der Waals surface area contributed by atoms with Gasteiger partial charge in [-0.15, -0.1) is 0 Å². The number of anilines is 1. The third kappa shape index (κ3) is 5.48. The van der Waals surface area contributed by atoms with Crippen molar-refractivity contribution >= 4 is 17.5 Å². The van der Waals surface area contributed by atoms with Gasteiger partial charge in [-0.2, -0.15) is 0 Å². The van der Waals surface area contributed by atoms with Crippen molar-refractivity contribution in [2.24, 2.45) is 0 Å². The molecule has 1 unspecified atom stereocenters. The Morgan fingerprint density at radius 2 is 1.90 bits per heavy atom. The van der Waals surface area contributed by atoms with Crippen LogP contribution in [0, 0.1) is 0 Å². The summed E-state index contributed by atoms with van der Waals surface area (Å²) in [5.74, 6) is 0.571. The fraction of sp³-hybridized carbons (Fsp3) is 0.364. The molecule has 0 saturated carbocycles. The second kappa shape index (κ2) is 9.93. The van der Waals surface area contributed by atoms with Gasteiger partial charge in [0.05, 0.1) is 32.9 Å². The molecule has 0 spiro atoms. The molecule has 154 valence electrons. The lowest BCUT2D eigenvalue weighted by molar-refractivity contribution is -0.120. The summed E-state index contributed by atoms with van der Waals surface area (Å²) in [6.07, 6.45) is 0. The number of benzene rings is 2. The Labute approximate surface area is 171 Å². The molecule has 3 rings (SSSR count). The molecule has 0 aromatic heterocycles. The van der Waals surface area contributed by atoms with Crippen molar-refractivity contribution in [1.82, 2.24) is 10.2 Å². The van der Waals surface area contributed by atoms with Crippen molar-refractivity contribution in [3.05, 3.63) is 59.7 Å². The molecule has 0 aliphatic carbocycles. The second-order valence-corrected chi connectivity index (χ2v) is 6.87. The van der Waals surface area contributed by atoms with Gasteiger partial charge in [-0.1, -0.05) is 24.3 Å². The van der Waals surface area contributed by atoms with Gasteiger partial charge in [-0.05, 0) is 31.2 Å². The molecule has 7 nitrogen and oxygen atoms in total. The lowest BCUT2D eigenvalue weighted by Gasteiger charge is -2.27. The van der Waals surface area contributed by atoms with Crippen LogP contribution >= 0.6 is 0 Å². The van der Waals surface area contributed by atoms with E-state index in [0.717, 1.165) is 17.0 Å². The lowest BCUT2D eigenvalue weighted by atomic mass is 10.1. The van der Waals surface area contributed by atoms with Crippen molar-refractivity contribution in [2.75, 3.05) is 45.3 Å². The van der Waals surface area contributed by atoms with Crippen LogP contribution in [0.3, 0.4) is 0 Å². The molecule has 1 heterocycles. The van der Waals surface area contributed by atoms with E-state index in [1.165, 1.54) is 0 Å². The van der Waals surface area contributed by atoms with Gasteiger partial charge >= 0.3 is 0 Å². The zero-order chi connectivity index (χ0) is 20.6. The fourth-order valence-corrected chi connectivity index (χ4v) is 3.29. The summed E-state index contributed by atoms with van der Waals surface area (Å²) in [4.78, 5) is 26.7. The van der Waals surface area contributed by atoms with Gasteiger partial charge in [-0.25, -0.2) is 0 Å². The maximum Gasteiger partial charge on any atom is 0.254 e. The van der Waals surface area contributed by atoms with Crippen molar-refractivity contribution in [3.8, 4) is 5.75 Å². The van der Waals surface area contributed by atoms with Gasteiger partial charge in [0.1, 0.15) is 5.75 Å². The normalized spacial score (nSPS) is 14.8. The molecular weight excluding hydrogens is 370 g/mol. The van der Waals surface area contributed by atoms with Crippen LogP contribution in [0.25, 0.3) is 0 Å².